The van der Waals surface area contributed by atoms with E-state index in [2.05, 4.69) is 9.47 Å². The van der Waals surface area contributed by atoms with E-state index in [0.717, 1.165) is 0 Å². The highest BCUT2D eigenvalue weighted by molar-refractivity contribution is 7.59. The standard InChI is InChI=1S/2C4H6O4.H2S/c2*1-2-8-4(7)3(5)6;/h2*2H2,1H3,(H,5,6);1H2. The lowest BCUT2D eigenvalue weighted by atomic mass is 10.7. The number of carbonyl (C=O) groups is 4. The van der Waals surface area contributed by atoms with Crippen LogP contribution < -0.4 is 0 Å². The van der Waals surface area contributed by atoms with Crippen molar-refractivity contribution < 1.29 is 38.9 Å². The second-order valence-electron chi connectivity index (χ2n) is 2.05. The Morgan fingerprint density at radius 1 is 0.824 bits per heavy atom. The molecule has 0 aromatic rings. The molecule has 0 aliphatic rings. The van der Waals surface area contributed by atoms with Crippen LogP contribution in [0, 0.1) is 0 Å². The van der Waals surface area contributed by atoms with Crippen molar-refractivity contribution in [2.45, 2.75) is 13.8 Å². The Balaban J connectivity index is -0.000000218. The molecule has 0 aromatic heterocycles. The highest BCUT2D eigenvalue weighted by Gasteiger charge is 2.10. The third-order valence-corrected chi connectivity index (χ3v) is 0.900. The van der Waals surface area contributed by atoms with E-state index in [0.29, 0.717) is 0 Å². The van der Waals surface area contributed by atoms with Crippen molar-refractivity contribution in [1.82, 2.24) is 0 Å². The minimum absolute atomic E-state index is 0. The lowest BCUT2D eigenvalue weighted by molar-refractivity contribution is -0.163. The number of esters is 2. The fourth-order valence-corrected chi connectivity index (χ4v) is 0.386. The van der Waals surface area contributed by atoms with Gasteiger partial charge in [-0.25, -0.2) is 19.2 Å². The number of carbonyl (C=O) groups excluding carboxylic acids is 2. The molecule has 2 N–H and O–H groups in total. The van der Waals surface area contributed by atoms with Gasteiger partial charge in [-0.1, -0.05) is 0 Å². The molecule has 0 aliphatic carbocycles. The molecule has 8 nitrogen and oxygen atoms in total. The largest absolute Gasteiger partial charge is 0.473 e. The molecule has 0 bridgehead atoms. The first kappa shape index (κ1) is 20.6. The monoisotopic (exact) mass is 270 g/mol. The van der Waals surface area contributed by atoms with Gasteiger partial charge in [0.2, 0.25) is 0 Å². The molecule has 17 heavy (non-hydrogen) atoms. The summed E-state index contributed by atoms with van der Waals surface area (Å²) in [6.07, 6.45) is 0. The van der Waals surface area contributed by atoms with Gasteiger partial charge in [-0.05, 0) is 13.8 Å². The molecule has 0 saturated heterocycles. The maximum Gasteiger partial charge on any atom is 0.417 e. The van der Waals surface area contributed by atoms with Crippen LogP contribution in [0.25, 0.3) is 0 Å². The average Bonchev–Trinajstić information content (AvgIpc) is 2.19. The Morgan fingerprint density at radius 3 is 1.12 bits per heavy atom. The van der Waals surface area contributed by atoms with E-state index in [1.54, 1.807) is 13.8 Å². The van der Waals surface area contributed by atoms with Gasteiger partial charge in [0.05, 0.1) is 13.2 Å². The topological polar surface area (TPSA) is 127 Å². The number of carboxylic acid groups (broad SMARTS) is 2. The fraction of sp³-hybridized carbons (Fsp3) is 0.500. The first-order valence-corrected chi connectivity index (χ1v) is 4.16. The van der Waals surface area contributed by atoms with E-state index in [1.165, 1.54) is 0 Å². The first-order valence-electron chi connectivity index (χ1n) is 4.16. The van der Waals surface area contributed by atoms with Crippen molar-refractivity contribution in [2.24, 2.45) is 0 Å². The van der Waals surface area contributed by atoms with Gasteiger partial charge in [0.25, 0.3) is 0 Å². The minimum atomic E-state index is -1.55. The lowest BCUT2D eigenvalue weighted by Gasteiger charge is -1.91. The van der Waals surface area contributed by atoms with E-state index in [4.69, 9.17) is 10.2 Å². The minimum Gasteiger partial charge on any atom is -0.473 e. The van der Waals surface area contributed by atoms with Crippen LogP contribution in [0.1, 0.15) is 13.8 Å². The highest BCUT2D eigenvalue weighted by atomic mass is 32.1. The molecule has 0 radical (unpaired) electrons. The van der Waals surface area contributed by atoms with E-state index in [9.17, 15) is 19.2 Å². The number of carboxylic acids is 2. The van der Waals surface area contributed by atoms with Gasteiger partial charge in [-0.3, -0.25) is 0 Å². The summed E-state index contributed by atoms with van der Waals surface area (Å²) in [6, 6.07) is 0. The maximum absolute atomic E-state index is 9.92. The van der Waals surface area contributed by atoms with Crippen LogP contribution in [0.3, 0.4) is 0 Å². The average molecular weight is 270 g/mol. The number of rotatable bonds is 2. The molecule has 9 heteroatoms. The predicted molar refractivity (Wildman–Crippen MR) is 58.9 cm³/mol. The van der Waals surface area contributed by atoms with E-state index in [1.807, 2.05) is 0 Å². The second kappa shape index (κ2) is 12.3. The Kier molecular flexibility index (Phi) is 14.9. The molecule has 0 aromatic carbocycles. The zero-order valence-corrected chi connectivity index (χ0v) is 10.3. The number of aliphatic carboxylic acids is 2. The second-order valence-corrected chi connectivity index (χ2v) is 2.05. The van der Waals surface area contributed by atoms with Crippen LogP contribution in [0.5, 0.6) is 0 Å². The third kappa shape index (κ3) is 14.2. The van der Waals surface area contributed by atoms with Crippen molar-refractivity contribution in [1.29, 1.82) is 0 Å². The smallest absolute Gasteiger partial charge is 0.417 e. The summed E-state index contributed by atoms with van der Waals surface area (Å²) in [7, 11) is 0. The maximum atomic E-state index is 9.92. The number of ether oxygens (including phenoxy) is 2. The summed E-state index contributed by atoms with van der Waals surface area (Å²) in [5, 5.41) is 15.7. The SMILES string of the molecule is CCOC(=O)C(=O)O.CCOC(=O)C(=O)O.S. The molecule has 0 amide bonds. The van der Waals surface area contributed by atoms with Crippen LogP contribution in [-0.2, 0) is 28.7 Å². The molecule has 0 atom stereocenters. The van der Waals surface area contributed by atoms with Gasteiger partial charge in [-0.15, -0.1) is 0 Å². The molecule has 0 heterocycles. The summed E-state index contributed by atoms with van der Waals surface area (Å²) in [5.74, 6) is -5.50. The van der Waals surface area contributed by atoms with Gasteiger partial charge in [0, 0.05) is 0 Å². The molecule has 0 aliphatic heterocycles. The third-order valence-electron chi connectivity index (χ3n) is 0.900. The molecular formula is C8H14O8S. The van der Waals surface area contributed by atoms with Gasteiger partial charge in [-0.2, -0.15) is 13.5 Å². The number of hydrogen-bond acceptors (Lipinski definition) is 6. The highest BCUT2D eigenvalue weighted by Crippen LogP contribution is 1.75. The zero-order valence-electron chi connectivity index (χ0n) is 9.26. The molecule has 0 fully saturated rings. The summed E-state index contributed by atoms with van der Waals surface area (Å²) < 4.78 is 8.13. The van der Waals surface area contributed by atoms with Crippen molar-refractivity contribution in [3.63, 3.8) is 0 Å². The first-order chi connectivity index (χ1) is 7.36. The molecule has 100 valence electrons. The van der Waals surface area contributed by atoms with Crippen LogP contribution in [-0.4, -0.2) is 47.3 Å². The summed E-state index contributed by atoms with van der Waals surface area (Å²) in [5.41, 5.74) is 0. The van der Waals surface area contributed by atoms with Crippen molar-refractivity contribution >= 4 is 37.4 Å². The quantitative estimate of drug-likeness (QED) is 0.502. The Morgan fingerprint density at radius 2 is 1.06 bits per heavy atom. The molecule has 0 saturated carbocycles. The summed E-state index contributed by atoms with van der Waals surface area (Å²) in [6.45, 7) is 3.29. The van der Waals surface area contributed by atoms with Gasteiger partial charge in [0.1, 0.15) is 0 Å². The van der Waals surface area contributed by atoms with Crippen molar-refractivity contribution in [2.75, 3.05) is 13.2 Å². The molecule has 0 rings (SSSR count). The summed E-state index contributed by atoms with van der Waals surface area (Å²) in [4.78, 5) is 39.1. The molecular weight excluding hydrogens is 256 g/mol. The van der Waals surface area contributed by atoms with Gasteiger partial charge >= 0.3 is 23.9 Å². The normalized spacial score (nSPS) is 7.65. The van der Waals surface area contributed by atoms with Gasteiger partial charge < -0.3 is 19.7 Å². The van der Waals surface area contributed by atoms with E-state index < -0.39 is 23.9 Å². The lowest BCUT2D eigenvalue weighted by Crippen LogP contribution is -2.15. The van der Waals surface area contributed by atoms with E-state index >= 15 is 0 Å². The molecule has 0 spiro atoms. The summed E-state index contributed by atoms with van der Waals surface area (Å²) >= 11 is 0. The Bertz CT molecular complexity index is 247. The fourth-order valence-electron chi connectivity index (χ4n) is 0.386. The van der Waals surface area contributed by atoms with E-state index in [-0.39, 0.29) is 26.7 Å². The Hall–Kier alpha value is -1.77. The van der Waals surface area contributed by atoms with Crippen molar-refractivity contribution in [3.8, 4) is 0 Å². The van der Waals surface area contributed by atoms with Crippen LogP contribution in [0.2, 0.25) is 0 Å². The predicted octanol–water partition coefficient (Wildman–Crippen LogP) is -0.619. The number of hydrogen-bond donors (Lipinski definition) is 2. The van der Waals surface area contributed by atoms with Crippen molar-refractivity contribution in [3.05, 3.63) is 0 Å². The zero-order chi connectivity index (χ0) is 13.1. The van der Waals surface area contributed by atoms with Crippen LogP contribution in [0.4, 0.5) is 0 Å². The Labute approximate surface area is 104 Å². The molecule has 0 unspecified atom stereocenters. The van der Waals surface area contributed by atoms with Crippen LogP contribution >= 0.6 is 13.5 Å². The van der Waals surface area contributed by atoms with Crippen LogP contribution in [0.15, 0.2) is 0 Å². The van der Waals surface area contributed by atoms with Gasteiger partial charge in [0.15, 0.2) is 0 Å².